The number of carbonyl (C=O) groups is 2. The number of hydrogen-bond donors (Lipinski definition) is 3. The van der Waals surface area contributed by atoms with Gasteiger partial charge in [0.15, 0.2) is 5.13 Å². The lowest BCUT2D eigenvalue weighted by atomic mass is 9.88. The van der Waals surface area contributed by atoms with Crippen LogP contribution in [0.2, 0.25) is 0 Å². The van der Waals surface area contributed by atoms with Crippen LogP contribution < -0.4 is 21.1 Å². The maximum absolute atomic E-state index is 11.7. The number of ether oxygens (including phenoxy) is 1. The lowest BCUT2D eigenvalue weighted by molar-refractivity contribution is -0.122. The first-order chi connectivity index (χ1) is 14.5. The first-order valence-electron chi connectivity index (χ1n) is 9.51. The normalized spacial score (nSPS) is 18.2. The van der Waals surface area contributed by atoms with Crippen LogP contribution in [0.5, 0.6) is 11.5 Å². The summed E-state index contributed by atoms with van der Waals surface area (Å²) in [7, 11) is 1.55. The number of fused-ring (bicyclic) bond motifs is 1. The number of aromatic nitrogens is 2. The zero-order valence-corrected chi connectivity index (χ0v) is 17.1. The summed E-state index contributed by atoms with van der Waals surface area (Å²) in [6, 6.07) is 8.80. The molecule has 4 rings (SSSR count). The number of nitrogens with two attached hydrogens (primary N) is 1. The molecule has 1 aliphatic carbocycles. The monoisotopic (exact) mass is 423 g/mol. The highest BCUT2D eigenvalue weighted by Gasteiger charge is 2.27. The van der Waals surface area contributed by atoms with Gasteiger partial charge in [-0.2, -0.15) is 0 Å². The number of primary amides is 1. The van der Waals surface area contributed by atoms with Crippen molar-refractivity contribution in [2.24, 2.45) is 11.7 Å². The minimum Gasteiger partial charge on any atom is -0.457 e. The van der Waals surface area contributed by atoms with E-state index in [2.05, 4.69) is 26.7 Å². The van der Waals surface area contributed by atoms with Gasteiger partial charge in [-0.05, 0) is 31.0 Å². The van der Waals surface area contributed by atoms with E-state index in [1.54, 1.807) is 19.2 Å². The van der Waals surface area contributed by atoms with E-state index < -0.39 is 0 Å². The molecule has 0 saturated carbocycles. The van der Waals surface area contributed by atoms with Crippen molar-refractivity contribution in [1.82, 2.24) is 15.3 Å². The Balaban J connectivity index is 1.52. The Morgan fingerprint density at radius 3 is 2.77 bits per heavy atom. The van der Waals surface area contributed by atoms with Gasteiger partial charge in [-0.1, -0.05) is 23.5 Å². The van der Waals surface area contributed by atoms with Crippen molar-refractivity contribution in [3.8, 4) is 11.5 Å². The van der Waals surface area contributed by atoms with E-state index in [0.29, 0.717) is 17.9 Å². The van der Waals surface area contributed by atoms with Crippen LogP contribution in [-0.4, -0.2) is 34.9 Å². The minimum atomic E-state index is -0.304. The molecule has 0 bridgehead atoms. The molecular formula is C21H21N5O3S. The van der Waals surface area contributed by atoms with Crippen LogP contribution in [0.1, 0.15) is 23.3 Å². The molecule has 4 N–H and O–H groups in total. The van der Waals surface area contributed by atoms with Crippen molar-refractivity contribution in [3.05, 3.63) is 54.4 Å². The predicted octanol–water partition coefficient (Wildman–Crippen LogP) is 3.08. The van der Waals surface area contributed by atoms with Gasteiger partial charge in [-0.3, -0.25) is 14.6 Å². The van der Waals surface area contributed by atoms with E-state index in [1.807, 2.05) is 24.3 Å². The quantitative estimate of drug-likeness (QED) is 0.524. The Labute approximate surface area is 177 Å². The highest BCUT2D eigenvalue weighted by atomic mass is 32.1. The third-order valence-corrected chi connectivity index (χ3v) is 5.84. The van der Waals surface area contributed by atoms with Gasteiger partial charge in [-0.15, -0.1) is 0 Å². The number of nitrogens with zero attached hydrogens (tertiary/aromatic N) is 2. The number of amides is 2. The smallest absolute Gasteiger partial charge is 0.269 e. The topological polar surface area (TPSA) is 119 Å². The lowest BCUT2D eigenvalue weighted by Gasteiger charge is -2.26. The summed E-state index contributed by atoms with van der Waals surface area (Å²) < 4.78 is 6.84. The molecule has 0 radical (unpaired) electrons. The first kappa shape index (κ1) is 19.8. The van der Waals surface area contributed by atoms with Crippen molar-refractivity contribution in [1.29, 1.82) is 0 Å². The molecule has 9 heteroatoms. The maximum Gasteiger partial charge on any atom is 0.269 e. The van der Waals surface area contributed by atoms with Crippen molar-refractivity contribution in [2.45, 2.75) is 18.9 Å². The van der Waals surface area contributed by atoms with Gasteiger partial charge in [0.2, 0.25) is 5.91 Å². The molecule has 154 valence electrons. The van der Waals surface area contributed by atoms with E-state index in [9.17, 15) is 9.59 Å². The van der Waals surface area contributed by atoms with E-state index in [1.165, 1.54) is 17.5 Å². The Bertz CT molecular complexity index is 1130. The summed E-state index contributed by atoms with van der Waals surface area (Å²) in [6.07, 6.45) is 6.94. The Kier molecular flexibility index (Phi) is 5.62. The molecular weight excluding hydrogens is 402 g/mol. The van der Waals surface area contributed by atoms with Crippen LogP contribution in [0, 0.1) is 5.92 Å². The zero-order chi connectivity index (χ0) is 21.1. The van der Waals surface area contributed by atoms with Gasteiger partial charge in [0.05, 0.1) is 16.1 Å². The fourth-order valence-corrected chi connectivity index (χ4v) is 4.30. The number of hydrogen-bond acceptors (Lipinski definition) is 7. The van der Waals surface area contributed by atoms with E-state index in [-0.39, 0.29) is 29.5 Å². The summed E-state index contributed by atoms with van der Waals surface area (Å²) in [5.74, 6) is 0.316. The third kappa shape index (κ3) is 4.25. The highest BCUT2D eigenvalue weighted by Crippen LogP contribution is 2.33. The SMILES string of the molecule is CNC(=O)c1cc(Oc2ccc3nc(N[C@@H]4CC=CC[C@H]4C(N)=O)sc3c2)ccn1. The Morgan fingerprint density at radius 1 is 1.17 bits per heavy atom. The lowest BCUT2D eigenvalue weighted by Crippen LogP contribution is -2.39. The number of thiazole rings is 1. The average Bonchev–Trinajstić information content (AvgIpc) is 3.15. The number of carbonyl (C=O) groups excluding carboxylic acids is 2. The number of benzene rings is 1. The third-order valence-electron chi connectivity index (χ3n) is 4.89. The second kappa shape index (κ2) is 8.50. The number of anilines is 1. The average molecular weight is 423 g/mol. The maximum atomic E-state index is 11.7. The summed E-state index contributed by atoms with van der Waals surface area (Å²) in [4.78, 5) is 32.1. The summed E-state index contributed by atoms with van der Waals surface area (Å²) in [5.41, 5.74) is 6.66. The van der Waals surface area contributed by atoms with Crippen LogP contribution in [0.15, 0.2) is 48.7 Å². The van der Waals surface area contributed by atoms with Crippen molar-refractivity contribution >= 4 is 38.5 Å². The van der Waals surface area contributed by atoms with Crippen LogP contribution in [0.3, 0.4) is 0 Å². The van der Waals surface area contributed by atoms with Crippen LogP contribution >= 0.6 is 11.3 Å². The number of allylic oxidation sites excluding steroid dienone is 1. The molecule has 3 aromatic rings. The molecule has 0 unspecified atom stereocenters. The Morgan fingerprint density at radius 2 is 1.97 bits per heavy atom. The fraction of sp³-hybridized carbons (Fsp3) is 0.238. The second-order valence-electron chi connectivity index (χ2n) is 6.91. The molecule has 8 nitrogen and oxygen atoms in total. The molecule has 30 heavy (non-hydrogen) atoms. The van der Waals surface area contributed by atoms with Gasteiger partial charge in [-0.25, -0.2) is 4.98 Å². The molecule has 0 fully saturated rings. The molecule has 2 heterocycles. The molecule has 2 aromatic heterocycles. The highest BCUT2D eigenvalue weighted by molar-refractivity contribution is 7.22. The molecule has 1 aromatic carbocycles. The number of pyridine rings is 1. The van der Waals surface area contributed by atoms with Gasteiger partial charge in [0.25, 0.3) is 5.91 Å². The second-order valence-corrected chi connectivity index (χ2v) is 7.94. The summed E-state index contributed by atoms with van der Waals surface area (Å²) >= 11 is 1.49. The number of nitrogens with one attached hydrogen (secondary N) is 2. The van der Waals surface area contributed by atoms with E-state index in [0.717, 1.165) is 21.8 Å². The van der Waals surface area contributed by atoms with Crippen molar-refractivity contribution < 1.29 is 14.3 Å². The summed E-state index contributed by atoms with van der Waals surface area (Å²) in [6.45, 7) is 0. The zero-order valence-electron chi connectivity index (χ0n) is 16.3. The van der Waals surface area contributed by atoms with Gasteiger partial charge >= 0.3 is 0 Å². The van der Waals surface area contributed by atoms with E-state index in [4.69, 9.17) is 10.5 Å². The molecule has 0 spiro atoms. The molecule has 2 amide bonds. The fourth-order valence-electron chi connectivity index (χ4n) is 3.34. The molecule has 0 saturated heterocycles. The molecule has 0 aliphatic heterocycles. The predicted molar refractivity (Wildman–Crippen MR) is 116 cm³/mol. The standard InChI is InChI=1S/C21H21N5O3S/c1-23-20(28)17-10-13(8-9-24-17)29-12-6-7-16-18(11-12)30-21(26-16)25-15-5-3-2-4-14(15)19(22)27/h2-3,6-11,14-15H,4-5H2,1H3,(H2,22,27)(H,23,28)(H,25,26)/t14-,15-/m1/s1. The molecule has 1 aliphatic rings. The Hall–Kier alpha value is -3.46. The largest absolute Gasteiger partial charge is 0.457 e. The summed E-state index contributed by atoms with van der Waals surface area (Å²) in [5, 5.41) is 6.63. The van der Waals surface area contributed by atoms with Crippen molar-refractivity contribution in [2.75, 3.05) is 12.4 Å². The van der Waals surface area contributed by atoms with E-state index >= 15 is 0 Å². The minimum absolute atomic E-state index is 0.0660. The van der Waals surface area contributed by atoms with Crippen LogP contribution in [-0.2, 0) is 4.79 Å². The molecule has 2 atom stereocenters. The van der Waals surface area contributed by atoms with Crippen LogP contribution in [0.4, 0.5) is 5.13 Å². The van der Waals surface area contributed by atoms with Crippen LogP contribution in [0.25, 0.3) is 10.2 Å². The van der Waals surface area contributed by atoms with Crippen molar-refractivity contribution in [3.63, 3.8) is 0 Å². The van der Waals surface area contributed by atoms with Gasteiger partial charge in [0.1, 0.15) is 17.2 Å². The first-order valence-corrected chi connectivity index (χ1v) is 10.3. The van der Waals surface area contributed by atoms with Gasteiger partial charge < -0.3 is 21.1 Å². The van der Waals surface area contributed by atoms with Gasteiger partial charge in [0, 0.05) is 31.4 Å². The number of rotatable bonds is 6.